The van der Waals surface area contributed by atoms with E-state index in [1.165, 1.54) is 0 Å². The molecule has 12 heavy (non-hydrogen) atoms. The second-order valence-electron chi connectivity index (χ2n) is 2.43. The van der Waals surface area contributed by atoms with E-state index >= 15 is 0 Å². The van der Waals surface area contributed by atoms with Gasteiger partial charge >= 0.3 is 5.63 Å². The van der Waals surface area contributed by atoms with Gasteiger partial charge in [-0.2, -0.15) is 0 Å². The normalized spacial score (nSPS) is 10.0. The molecule has 0 aliphatic rings. The monoisotopic (exact) mass is 161 g/mol. The average molecular weight is 161 g/mol. The molecule has 2 rings (SSSR count). The molecule has 0 aliphatic heterocycles. The van der Waals surface area contributed by atoms with Crippen LogP contribution in [-0.4, -0.2) is 5.16 Å². The Morgan fingerprint density at radius 3 is 2.50 bits per heavy atom. The van der Waals surface area contributed by atoms with Crippen LogP contribution in [0.5, 0.6) is 0 Å². The fraction of sp³-hybridized carbons (Fsp3) is 0. The van der Waals surface area contributed by atoms with Crippen LogP contribution in [0.25, 0.3) is 11.1 Å². The predicted octanol–water partition coefficient (Wildman–Crippen LogP) is 1.63. The van der Waals surface area contributed by atoms with E-state index in [0.29, 0.717) is 5.56 Å². The Hall–Kier alpha value is -1.77. The Morgan fingerprint density at radius 2 is 1.92 bits per heavy atom. The summed E-state index contributed by atoms with van der Waals surface area (Å²) in [6.45, 7) is 0. The predicted molar refractivity (Wildman–Crippen MR) is 44.8 cm³/mol. The molecule has 1 aromatic heterocycles. The largest absolute Gasteiger partial charge is 0.364 e. The Kier molecular flexibility index (Phi) is 1.55. The van der Waals surface area contributed by atoms with Crippen molar-refractivity contribution in [2.24, 2.45) is 0 Å². The minimum Gasteiger partial charge on any atom is -0.338 e. The fourth-order valence-corrected chi connectivity index (χ4v) is 1.07. The van der Waals surface area contributed by atoms with Gasteiger partial charge in [0.05, 0.1) is 11.8 Å². The van der Waals surface area contributed by atoms with Crippen molar-refractivity contribution in [1.82, 2.24) is 5.16 Å². The molecule has 0 unspecified atom stereocenters. The van der Waals surface area contributed by atoms with Crippen LogP contribution in [0, 0.1) is 0 Å². The van der Waals surface area contributed by atoms with E-state index in [1.54, 1.807) is 6.20 Å². The molecule has 0 amide bonds. The number of rotatable bonds is 1. The van der Waals surface area contributed by atoms with Gasteiger partial charge in [0, 0.05) is 0 Å². The van der Waals surface area contributed by atoms with Gasteiger partial charge in [0.25, 0.3) is 0 Å². The Balaban J connectivity index is 2.59. The summed E-state index contributed by atoms with van der Waals surface area (Å²) in [6, 6.07) is 9.38. The summed E-state index contributed by atoms with van der Waals surface area (Å²) in [4.78, 5) is 11.0. The maximum absolute atomic E-state index is 11.0. The number of hydrogen-bond donors (Lipinski definition) is 1. The standard InChI is InChI=1S/C9H7NO2/c11-9-8(6-10-12-9)7-4-2-1-3-5-7/h1-6,10H. The SMILES string of the molecule is O=c1o[nH]cc1-c1ccccc1. The Bertz CT molecular complexity index is 413. The van der Waals surface area contributed by atoms with Gasteiger partial charge in [0.15, 0.2) is 0 Å². The number of H-pyrrole nitrogens is 1. The molecule has 1 N–H and O–H groups in total. The lowest BCUT2D eigenvalue weighted by molar-refractivity contribution is 0.392. The first kappa shape index (κ1) is 6.91. The quantitative estimate of drug-likeness (QED) is 0.691. The first-order chi connectivity index (χ1) is 5.88. The molecule has 0 atom stereocenters. The fourth-order valence-electron chi connectivity index (χ4n) is 1.07. The third-order valence-corrected chi connectivity index (χ3v) is 1.66. The van der Waals surface area contributed by atoms with Crippen molar-refractivity contribution >= 4 is 0 Å². The topological polar surface area (TPSA) is 46.0 Å². The van der Waals surface area contributed by atoms with E-state index < -0.39 is 0 Å². The molecule has 0 saturated carbocycles. The van der Waals surface area contributed by atoms with Gasteiger partial charge in [-0.25, -0.2) is 9.95 Å². The average Bonchev–Trinajstić information content (AvgIpc) is 2.53. The summed E-state index contributed by atoms with van der Waals surface area (Å²) in [5, 5.41) is 2.41. The number of aromatic nitrogens is 1. The molecular formula is C9H7NO2. The van der Waals surface area contributed by atoms with Gasteiger partial charge < -0.3 is 4.52 Å². The van der Waals surface area contributed by atoms with E-state index in [2.05, 4.69) is 9.68 Å². The lowest BCUT2D eigenvalue weighted by Gasteiger charge is -1.90. The summed E-state index contributed by atoms with van der Waals surface area (Å²) in [7, 11) is 0. The number of nitrogens with one attached hydrogen (secondary N) is 1. The lowest BCUT2D eigenvalue weighted by Crippen LogP contribution is -1.94. The van der Waals surface area contributed by atoms with E-state index in [1.807, 2.05) is 30.3 Å². The van der Waals surface area contributed by atoms with Crippen LogP contribution in [0.2, 0.25) is 0 Å². The zero-order valence-electron chi connectivity index (χ0n) is 6.28. The van der Waals surface area contributed by atoms with E-state index in [-0.39, 0.29) is 5.63 Å². The third-order valence-electron chi connectivity index (χ3n) is 1.66. The molecule has 0 radical (unpaired) electrons. The molecular weight excluding hydrogens is 154 g/mol. The van der Waals surface area contributed by atoms with Crippen LogP contribution < -0.4 is 5.63 Å². The van der Waals surface area contributed by atoms with E-state index in [4.69, 9.17) is 0 Å². The highest BCUT2D eigenvalue weighted by atomic mass is 16.5. The summed E-state index contributed by atoms with van der Waals surface area (Å²) in [5.74, 6) is 0. The first-order valence-corrected chi connectivity index (χ1v) is 3.60. The summed E-state index contributed by atoms with van der Waals surface area (Å²) in [6.07, 6.45) is 1.55. The van der Waals surface area contributed by atoms with Gasteiger partial charge in [-0.3, -0.25) is 0 Å². The van der Waals surface area contributed by atoms with Crippen molar-refractivity contribution in [1.29, 1.82) is 0 Å². The lowest BCUT2D eigenvalue weighted by atomic mass is 10.1. The van der Waals surface area contributed by atoms with Crippen molar-refractivity contribution < 1.29 is 4.52 Å². The van der Waals surface area contributed by atoms with E-state index in [9.17, 15) is 4.79 Å². The smallest absolute Gasteiger partial charge is 0.338 e. The minimum absolute atomic E-state index is 0.332. The first-order valence-electron chi connectivity index (χ1n) is 3.60. The summed E-state index contributed by atoms with van der Waals surface area (Å²) < 4.78 is 4.54. The zero-order chi connectivity index (χ0) is 8.39. The molecule has 3 nitrogen and oxygen atoms in total. The van der Waals surface area contributed by atoms with Crippen LogP contribution in [0.4, 0.5) is 0 Å². The third kappa shape index (κ3) is 1.05. The molecule has 0 aliphatic carbocycles. The van der Waals surface area contributed by atoms with Crippen molar-refractivity contribution in [3.05, 3.63) is 46.9 Å². The summed E-state index contributed by atoms with van der Waals surface area (Å²) >= 11 is 0. The molecule has 0 spiro atoms. The van der Waals surface area contributed by atoms with Gasteiger partial charge in [-0.15, -0.1) is 0 Å². The van der Waals surface area contributed by atoms with Gasteiger partial charge in [-0.1, -0.05) is 30.3 Å². The maximum Gasteiger partial charge on any atom is 0.364 e. The molecule has 0 fully saturated rings. The second-order valence-corrected chi connectivity index (χ2v) is 2.43. The zero-order valence-corrected chi connectivity index (χ0v) is 6.28. The van der Waals surface area contributed by atoms with Crippen LogP contribution in [-0.2, 0) is 0 Å². The maximum atomic E-state index is 11.0. The van der Waals surface area contributed by atoms with Gasteiger partial charge in [0.2, 0.25) is 0 Å². The molecule has 0 bridgehead atoms. The van der Waals surface area contributed by atoms with Crippen LogP contribution >= 0.6 is 0 Å². The molecule has 2 aromatic rings. The molecule has 0 saturated heterocycles. The van der Waals surface area contributed by atoms with Gasteiger partial charge in [-0.05, 0) is 5.56 Å². The highest BCUT2D eigenvalue weighted by Crippen LogP contribution is 2.12. The Morgan fingerprint density at radius 1 is 1.17 bits per heavy atom. The van der Waals surface area contributed by atoms with Crippen LogP contribution in [0.3, 0.4) is 0 Å². The highest BCUT2D eigenvalue weighted by Gasteiger charge is 2.03. The van der Waals surface area contributed by atoms with Crippen molar-refractivity contribution in [3.63, 3.8) is 0 Å². The van der Waals surface area contributed by atoms with Crippen molar-refractivity contribution in [3.8, 4) is 11.1 Å². The van der Waals surface area contributed by atoms with Crippen LogP contribution in [0.15, 0.2) is 45.8 Å². The van der Waals surface area contributed by atoms with Crippen molar-refractivity contribution in [2.45, 2.75) is 0 Å². The number of benzene rings is 1. The highest BCUT2D eigenvalue weighted by molar-refractivity contribution is 5.60. The number of hydrogen-bond acceptors (Lipinski definition) is 2. The molecule has 1 aromatic carbocycles. The molecule has 60 valence electrons. The van der Waals surface area contributed by atoms with E-state index in [0.717, 1.165) is 5.56 Å². The molecule has 1 heterocycles. The van der Waals surface area contributed by atoms with Crippen molar-refractivity contribution in [2.75, 3.05) is 0 Å². The Labute approximate surface area is 68.6 Å². The van der Waals surface area contributed by atoms with Crippen LogP contribution in [0.1, 0.15) is 0 Å². The second kappa shape index (κ2) is 2.70. The van der Waals surface area contributed by atoms with Gasteiger partial charge in [0.1, 0.15) is 0 Å². The summed E-state index contributed by atoms with van der Waals surface area (Å²) in [5.41, 5.74) is 1.10. The number of aromatic amines is 1. The minimum atomic E-state index is -0.332. The molecule has 3 heteroatoms.